The number of nitrogens with two attached hydrogens (primary N) is 1. The summed E-state index contributed by atoms with van der Waals surface area (Å²) in [7, 11) is 0. The van der Waals surface area contributed by atoms with Crippen LogP contribution >= 0.6 is 27.5 Å². The van der Waals surface area contributed by atoms with Crippen LogP contribution in [0.2, 0.25) is 5.02 Å². The third-order valence-electron chi connectivity index (χ3n) is 2.68. The second kappa shape index (κ2) is 4.73. The molecule has 0 radical (unpaired) electrons. The summed E-state index contributed by atoms with van der Waals surface area (Å²) in [6, 6.07) is 5.01. The molecule has 0 saturated carbocycles. The van der Waals surface area contributed by atoms with Gasteiger partial charge in [0.05, 0.1) is 11.7 Å². The van der Waals surface area contributed by atoms with Crippen LogP contribution in [0.4, 0.5) is 5.69 Å². The second-order valence-corrected chi connectivity index (χ2v) is 5.13. The summed E-state index contributed by atoms with van der Waals surface area (Å²) in [6.45, 7) is 0.700. The van der Waals surface area contributed by atoms with Crippen molar-refractivity contribution in [2.24, 2.45) is 5.73 Å². The molecule has 1 aromatic rings. The van der Waals surface area contributed by atoms with Gasteiger partial charge in [-0.15, -0.1) is 0 Å². The summed E-state index contributed by atoms with van der Waals surface area (Å²) >= 11 is 9.35. The first-order chi connectivity index (χ1) is 7.59. The van der Waals surface area contributed by atoms with Crippen molar-refractivity contribution in [1.29, 1.82) is 0 Å². The molecule has 5 heteroatoms. The first kappa shape index (κ1) is 11.9. The molecule has 1 unspecified atom stereocenters. The molecule has 1 aliphatic heterocycles. The molecule has 16 heavy (non-hydrogen) atoms. The lowest BCUT2D eigenvalue weighted by atomic mass is 10.1. The summed E-state index contributed by atoms with van der Waals surface area (Å²) < 4.78 is 0.861. The van der Waals surface area contributed by atoms with E-state index in [1.165, 1.54) is 0 Å². The van der Waals surface area contributed by atoms with Gasteiger partial charge in [0.1, 0.15) is 0 Å². The van der Waals surface area contributed by atoms with E-state index in [2.05, 4.69) is 15.9 Å². The third kappa shape index (κ3) is 2.24. The molecule has 0 aliphatic carbocycles. The van der Waals surface area contributed by atoms with Crippen LogP contribution in [0.25, 0.3) is 0 Å². The van der Waals surface area contributed by atoms with Crippen molar-refractivity contribution in [3.8, 4) is 0 Å². The van der Waals surface area contributed by atoms with E-state index in [0.29, 0.717) is 11.6 Å². The van der Waals surface area contributed by atoms with Crippen LogP contribution < -0.4 is 10.6 Å². The van der Waals surface area contributed by atoms with Crippen molar-refractivity contribution in [3.05, 3.63) is 27.7 Å². The molecule has 1 fully saturated rings. The lowest BCUT2D eigenvalue weighted by Gasteiger charge is -2.31. The second-order valence-electron chi connectivity index (χ2n) is 3.83. The quantitative estimate of drug-likeness (QED) is 0.866. The van der Waals surface area contributed by atoms with E-state index in [0.717, 1.165) is 23.0 Å². The topological polar surface area (TPSA) is 46.3 Å². The Labute approximate surface area is 108 Å². The van der Waals surface area contributed by atoms with E-state index in [9.17, 15) is 4.79 Å². The number of anilines is 1. The monoisotopic (exact) mass is 302 g/mol. The van der Waals surface area contributed by atoms with Crippen molar-refractivity contribution in [3.63, 3.8) is 0 Å². The maximum absolute atomic E-state index is 11.9. The predicted octanol–water partition coefficient (Wildman–Crippen LogP) is 2.56. The van der Waals surface area contributed by atoms with Crippen LogP contribution in [0, 0.1) is 0 Å². The number of hydrogen-bond acceptors (Lipinski definition) is 2. The average molecular weight is 304 g/mol. The Morgan fingerprint density at radius 2 is 2.25 bits per heavy atom. The zero-order valence-corrected chi connectivity index (χ0v) is 11.0. The molecule has 2 rings (SSSR count). The first-order valence-corrected chi connectivity index (χ1v) is 6.28. The van der Waals surface area contributed by atoms with Crippen molar-refractivity contribution < 1.29 is 4.79 Å². The Kier molecular flexibility index (Phi) is 3.52. The van der Waals surface area contributed by atoms with Gasteiger partial charge in [0.25, 0.3) is 0 Å². The van der Waals surface area contributed by atoms with Gasteiger partial charge in [-0.2, -0.15) is 0 Å². The predicted molar refractivity (Wildman–Crippen MR) is 68.7 cm³/mol. The van der Waals surface area contributed by atoms with Crippen LogP contribution in [0.3, 0.4) is 0 Å². The molecule has 0 bridgehead atoms. The fourth-order valence-corrected chi connectivity index (χ4v) is 2.46. The van der Waals surface area contributed by atoms with Gasteiger partial charge in [0, 0.05) is 16.0 Å². The minimum atomic E-state index is -0.389. The molecule has 2 N–H and O–H groups in total. The molecular formula is C11H12BrClN2O. The van der Waals surface area contributed by atoms with E-state index in [1.807, 2.05) is 6.07 Å². The average Bonchev–Trinajstić information content (AvgIpc) is 2.26. The molecule has 3 nitrogen and oxygen atoms in total. The Morgan fingerprint density at radius 1 is 1.50 bits per heavy atom. The number of carbonyl (C=O) groups is 1. The van der Waals surface area contributed by atoms with Gasteiger partial charge >= 0.3 is 0 Å². The van der Waals surface area contributed by atoms with Crippen LogP contribution in [0.5, 0.6) is 0 Å². The number of benzene rings is 1. The van der Waals surface area contributed by atoms with Gasteiger partial charge in [-0.05, 0) is 47.0 Å². The summed E-state index contributed by atoms with van der Waals surface area (Å²) in [6.07, 6.45) is 1.68. The summed E-state index contributed by atoms with van der Waals surface area (Å²) in [5.41, 5.74) is 6.55. The molecule has 1 saturated heterocycles. The van der Waals surface area contributed by atoms with Crippen LogP contribution in [-0.2, 0) is 4.79 Å². The number of carbonyl (C=O) groups excluding carboxylic acids is 1. The fourth-order valence-electron chi connectivity index (χ4n) is 1.83. The lowest BCUT2D eigenvalue weighted by molar-refractivity contribution is -0.120. The van der Waals surface area contributed by atoms with Gasteiger partial charge < -0.3 is 10.6 Å². The van der Waals surface area contributed by atoms with E-state index in [1.54, 1.807) is 17.0 Å². The van der Waals surface area contributed by atoms with Gasteiger partial charge in [0.15, 0.2) is 0 Å². The molecule has 1 amide bonds. The highest BCUT2D eigenvalue weighted by Gasteiger charge is 2.27. The highest BCUT2D eigenvalue weighted by atomic mass is 79.9. The molecule has 0 spiro atoms. The van der Waals surface area contributed by atoms with Crippen LogP contribution in [0.1, 0.15) is 12.8 Å². The number of halogens is 2. The van der Waals surface area contributed by atoms with E-state index in [-0.39, 0.29) is 11.9 Å². The number of nitrogens with zero attached hydrogens (tertiary/aromatic N) is 1. The van der Waals surface area contributed by atoms with Crippen LogP contribution in [0.15, 0.2) is 22.7 Å². The van der Waals surface area contributed by atoms with Crippen molar-refractivity contribution in [1.82, 2.24) is 0 Å². The fraction of sp³-hybridized carbons (Fsp3) is 0.364. The molecule has 1 aromatic carbocycles. The van der Waals surface area contributed by atoms with Gasteiger partial charge in [0.2, 0.25) is 5.91 Å². The Morgan fingerprint density at radius 3 is 3.00 bits per heavy atom. The highest BCUT2D eigenvalue weighted by Crippen LogP contribution is 2.31. The minimum Gasteiger partial charge on any atom is -0.320 e. The van der Waals surface area contributed by atoms with E-state index >= 15 is 0 Å². The van der Waals surface area contributed by atoms with E-state index < -0.39 is 0 Å². The van der Waals surface area contributed by atoms with Gasteiger partial charge in [-0.25, -0.2) is 0 Å². The lowest BCUT2D eigenvalue weighted by Crippen LogP contribution is -2.48. The number of hydrogen-bond donors (Lipinski definition) is 1. The summed E-state index contributed by atoms with van der Waals surface area (Å²) in [4.78, 5) is 13.6. The number of piperidine rings is 1. The molecule has 0 aromatic heterocycles. The zero-order chi connectivity index (χ0) is 11.7. The number of rotatable bonds is 1. The van der Waals surface area contributed by atoms with E-state index in [4.69, 9.17) is 17.3 Å². The maximum atomic E-state index is 11.9. The summed E-state index contributed by atoms with van der Waals surface area (Å²) in [5.74, 6) is -0.0331. The number of amides is 1. The largest absolute Gasteiger partial charge is 0.320 e. The molecular weight excluding hydrogens is 291 g/mol. The SMILES string of the molecule is NC1CCCN(c2cc(Cl)ccc2Br)C1=O. The standard InChI is InChI=1S/C11H12BrClN2O/c12-8-4-3-7(13)6-10(8)15-5-1-2-9(14)11(15)16/h3-4,6,9H,1-2,5,14H2. The molecule has 1 aliphatic rings. The van der Waals surface area contributed by atoms with Gasteiger partial charge in [-0.1, -0.05) is 11.6 Å². The van der Waals surface area contributed by atoms with Gasteiger partial charge in [-0.3, -0.25) is 4.79 Å². The normalized spacial score (nSPS) is 21.3. The molecule has 1 heterocycles. The third-order valence-corrected chi connectivity index (χ3v) is 3.58. The smallest absolute Gasteiger partial charge is 0.243 e. The summed E-state index contributed by atoms with van der Waals surface area (Å²) in [5, 5.41) is 0.616. The Hall–Kier alpha value is -0.580. The molecule has 1 atom stereocenters. The Bertz CT molecular complexity index is 424. The highest BCUT2D eigenvalue weighted by molar-refractivity contribution is 9.10. The Balaban J connectivity index is 2.35. The minimum absolute atomic E-state index is 0.0331. The zero-order valence-electron chi connectivity index (χ0n) is 8.62. The van der Waals surface area contributed by atoms with Crippen molar-refractivity contribution >= 4 is 39.1 Å². The van der Waals surface area contributed by atoms with Crippen LogP contribution in [-0.4, -0.2) is 18.5 Å². The van der Waals surface area contributed by atoms with Crippen molar-refractivity contribution in [2.75, 3.05) is 11.4 Å². The molecule has 86 valence electrons. The first-order valence-electron chi connectivity index (χ1n) is 5.11. The maximum Gasteiger partial charge on any atom is 0.243 e. The van der Waals surface area contributed by atoms with Crippen molar-refractivity contribution in [2.45, 2.75) is 18.9 Å².